The Balaban J connectivity index is 2.00. The smallest absolute Gasteiger partial charge is 0.326 e. The number of carbonyl (C=O) groups is 2. The number of amides is 2. The van der Waals surface area contributed by atoms with Crippen molar-refractivity contribution in [1.29, 1.82) is 0 Å². The third-order valence-electron chi connectivity index (χ3n) is 4.10. The first-order valence-corrected chi connectivity index (χ1v) is 6.99. The zero-order chi connectivity index (χ0) is 14.7. The standard InChI is InChI=1S/C14H22N2O4/c1-10-3-8-16(12(10)13(17)18)14(19)15-6-4-11(5-7-15)9-20-2/h4,10,12H,3,5-9H2,1-2H3,(H,17,18). The first-order chi connectivity index (χ1) is 9.54. The fourth-order valence-corrected chi connectivity index (χ4v) is 2.92. The molecule has 1 fully saturated rings. The molecule has 1 saturated heterocycles. The van der Waals surface area contributed by atoms with Crippen LogP contribution in [0.3, 0.4) is 0 Å². The third-order valence-corrected chi connectivity index (χ3v) is 4.10. The Bertz CT molecular complexity index is 421. The summed E-state index contributed by atoms with van der Waals surface area (Å²) in [6, 6.07) is -0.846. The number of carboxylic acid groups (broad SMARTS) is 1. The zero-order valence-electron chi connectivity index (χ0n) is 12.0. The molecule has 2 aliphatic rings. The highest BCUT2D eigenvalue weighted by Crippen LogP contribution is 2.26. The Morgan fingerprint density at radius 1 is 1.45 bits per heavy atom. The van der Waals surface area contributed by atoms with Gasteiger partial charge in [0.05, 0.1) is 6.61 Å². The molecule has 6 heteroatoms. The number of methoxy groups -OCH3 is 1. The van der Waals surface area contributed by atoms with Gasteiger partial charge in [-0.1, -0.05) is 13.0 Å². The van der Waals surface area contributed by atoms with Crippen molar-refractivity contribution in [3.05, 3.63) is 11.6 Å². The second-order valence-electron chi connectivity index (χ2n) is 5.52. The maximum atomic E-state index is 12.5. The van der Waals surface area contributed by atoms with Crippen LogP contribution < -0.4 is 0 Å². The first-order valence-electron chi connectivity index (χ1n) is 6.99. The van der Waals surface area contributed by atoms with E-state index < -0.39 is 12.0 Å². The molecule has 2 rings (SSSR count). The summed E-state index contributed by atoms with van der Waals surface area (Å²) >= 11 is 0. The van der Waals surface area contributed by atoms with Gasteiger partial charge in [-0.05, 0) is 24.3 Å². The van der Waals surface area contributed by atoms with E-state index in [0.29, 0.717) is 26.2 Å². The first kappa shape index (κ1) is 14.8. The minimum atomic E-state index is -0.907. The average Bonchev–Trinajstić information content (AvgIpc) is 2.81. The van der Waals surface area contributed by atoms with E-state index in [1.165, 1.54) is 10.5 Å². The molecule has 2 aliphatic heterocycles. The number of nitrogens with zero attached hydrogens (tertiary/aromatic N) is 2. The van der Waals surface area contributed by atoms with Gasteiger partial charge in [-0.15, -0.1) is 0 Å². The Labute approximate surface area is 119 Å². The Kier molecular flexibility index (Phi) is 4.65. The number of ether oxygens (including phenoxy) is 1. The topological polar surface area (TPSA) is 70.1 Å². The van der Waals surface area contributed by atoms with Crippen molar-refractivity contribution < 1.29 is 19.4 Å². The number of urea groups is 1. The number of carbonyl (C=O) groups excluding carboxylic acids is 1. The van der Waals surface area contributed by atoms with Gasteiger partial charge in [0.15, 0.2) is 0 Å². The van der Waals surface area contributed by atoms with E-state index in [-0.39, 0.29) is 11.9 Å². The van der Waals surface area contributed by atoms with Gasteiger partial charge >= 0.3 is 12.0 Å². The molecule has 112 valence electrons. The minimum Gasteiger partial charge on any atom is -0.480 e. The molecule has 0 aromatic carbocycles. The van der Waals surface area contributed by atoms with Crippen LogP contribution in [-0.2, 0) is 9.53 Å². The number of carboxylic acids is 1. The summed E-state index contributed by atoms with van der Waals surface area (Å²) in [7, 11) is 1.65. The Morgan fingerprint density at radius 3 is 2.75 bits per heavy atom. The predicted molar refractivity (Wildman–Crippen MR) is 73.5 cm³/mol. The van der Waals surface area contributed by atoms with Gasteiger partial charge in [-0.25, -0.2) is 9.59 Å². The summed E-state index contributed by atoms with van der Waals surface area (Å²) in [6.45, 7) is 4.18. The van der Waals surface area contributed by atoms with E-state index in [1.54, 1.807) is 12.0 Å². The number of hydrogen-bond donors (Lipinski definition) is 1. The second kappa shape index (κ2) is 6.26. The molecule has 2 unspecified atom stereocenters. The lowest BCUT2D eigenvalue weighted by Gasteiger charge is -2.32. The molecule has 0 saturated carbocycles. The second-order valence-corrected chi connectivity index (χ2v) is 5.52. The molecular weight excluding hydrogens is 260 g/mol. The van der Waals surface area contributed by atoms with Crippen molar-refractivity contribution in [2.24, 2.45) is 5.92 Å². The van der Waals surface area contributed by atoms with Crippen LogP contribution in [0.2, 0.25) is 0 Å². The van der Waals surface area contributed by atoms with Crippen LogP contribution >= 0.6 is 0 Å². The van der Waals surface area contributed by atoms with E-state index >= 15 is 0 Å². The van der Waals surface area contributed by atoms with Crippen LogP contribution in [0.5, 0.6) is 0 Å². The molecule has 6 nitrogen and oxygen atoms in total. The van der Waals surface area contributed by atoms with Crippen molar-refractivity contribution in [2.45, 2.75) is 25.8 Å². The molecule has 2 amide bonds. The fraction of sp³-hybridized carbons (Fsp3) is 0.714. The van der Waals surface area contributed by atoms with Gasteiger partial charge < -0.3 is 19.6 Å². The average molecular weight is 282 g/mol. The van der Waals surface area contributed by atoms with Gasteiger partial charge in [-0.3, -0.25) is 0 Å². The van der Waals surface area contributed by atoms with Gasteiger partial charge in [0.1, 0.15) is 6.04 Å². The number of rotatable bonds is 3. The van der Waals surface area contributed by atoms with Crippen molar-refractivity contribution in [3.63, 3.8) is 0 Å². The minimum absolute atomic E-state index is 0.0147. The van der Waals surface area contributed by atoms with E-state index in [0.717, 1.165) is 12.8 Å². The quantitative estimate of drug-likeness (QED) is 0.789. The van der Waals surface area contributed by atoms with E-state index in [9.17, 15) is 14.7 Å². The number of likely N-dealkylation sites (tertiary alicyclic amines) is 1. The fourth-order valence-electron chi connectivity index (χ4n) is 2.92. The highest BCUT2D eigenvalue weighted by atomic mass is 16.5. The molecule has 2 heterocycles. The molecule has 2 atom stereocenters. The largest absolute Gasteiger partial charge is 0.480 e. The molecule has 0 aliphatic carbocycles. The van der Waals surface area contributed by atoms with Crippen molar-refractivity contribution in [1.82, 2.24) is 9.80 Å². The monoisotopic (exact) mass is 282 g/mol. The summed E-state index contributed by atoms with van der Waals surface area (Å²) in [5.41, 5.74) is 1.20. The van der Waals surface area contributed by atoms with Gasteiger partial charge in [-0.2, -0.15) is 0 Å². The molecule has 0 aromatic heterocycles. The summed E-state index contributed by atoms with van der Waals surface area (Å²) in [5.74, 6) is -0.892. The number of hydrogen-bond acceptors (Lipinski definition) is 3. The summed E-state index contributed by atoms with van der Waals surface area (Å²) in [5, 5.41) is 9.27. The van der Waals surface area contributed by atoms with Crippen LogP contribution in [0, 0.1) is 5.92 Å². The summed E-state index contributed by atoms with van der Waals surface area (Å²) < 4.78 is 5.08. The highest BCUT2D eigenvalue weighted by Gasteiger charge is 2.41. The van der Waals surface area contributed by atoms with Crippen molar-refractivity contribution in [2.75, 3.05) is 33.4 Å². The lowest BCUT2D eigenvalue weighted by atomic mass is 10.0. The highest BCUT2D eigenvalue weighted by molar-refractivity contribution is 5.83. The maximum Gasteiger partial charge on any atom is 0.326 e. The lowest BCUT2D eigenvalue weighted by Crippen LogP contribution is -2.50. The molecular formula is C14H22N2O4. The predicted octanol–water partition coefficient (Wildman–Crippen LogP) is 1.18. The van der Waals surface area contributed by atoms with Crippen LogP contribution in [-0.4, -0.2) is 66.3 Å². The van der Waals surface area contributed by atoms with Gasteiger partial charge in [0, 0.05) is 26.7 Å². The summed E-state index contributed by atoms with van der Waals surface area (Å²) in [6.07, 6.45) is 3.54. The SMILES string of the molecule is COCC1=CCN(C(=O)N2CCC(C)C2C(=O)O)CC1. The van der Waals surface area contributed by atoms with E-state index in [1.807, 2.05) is 13.0 Å². The molecule has 1 N–H and O–H groups in total. The van der Waals surface area contributed by atoms with E-state index in [2.05, 4.69) is 0 Å². The van der Waals surface area contributed by atoms with Crippen molar-refractivity contribution >= 4 is 12.0 Å². The van der Waals surface area contributed by atoms with E-state index in [4.69, 9.17) is 4.74 Å². The van der Waals surface area contributed by atoms with Crippen LogP contribution in [0.1, 0.15) is 19.8 Å². The normalized spacial score (nSPS) is 26.6. The van der Waals surface area contributed by atoms with Crippen LogP contribution in [0.15, 0.2) is 11.6 Å². The zero-order valence-corrected chi connectivity index (χ0v) is 12.0. The van der Waals surface area contributed by atoms with Gasteiger partial charge in [0.25, 0.3) is 0 Å². The van der Waals surface area contributed by atoms with Crippen LogP contribution in [0.4, 0.5) is 4.79 Å². The molecule has 0 aromatic rings. The number of aliphatic carboxylic acids is 1. The van der Waals surface area contributed by atoms with Gasteiger partial charge in [0.2, 0.25) is 0 Å². The molecule has 0 radical (unpaired) electrons. The Morgan fingerprint density at radius 2 is 2.20 bits per heavy atom. The molecule has 0 bridgehead atoms. The Hall–Kier alpha value is -1.56. The lowest BCUT2D eigenvalue weighted by molar-refractivity contribution is -0.142. The van der Waals surface area contributed by atoms with Crippen LogP contribution in [0.25, 0.3) is 0 Å². The molecule has 20 heavy (non-hydrogen) atoms. The summed E-state index contributed by atoms with van der Waals surface area (Å²) in [4.78, 5) is 27.0. The molecule has 0 spiro atoms. The van der Waals surface area contributed by atoms with Crippen molar-refractivity contribution in [3.8, 4) is 0 Å². The third kappa shape index (κ3) is 2.95. The maximum absolute atomic E-state index is 12.5.